The molecule has 2 aliphatic heterocycles. The molecule has 4 aromatic rings. The van der Waals surface area contributed by atoms with Crippen molar-refractivity contribution in [3.63, 3.8) is 0 Å². The molecule has 1 aliphatic carbocycles. The minimum atomic E-state index is -0.404. The molecule has 1 saturated heterocycles. The number of carbonyl (C=O) groups excluding carboxylic acids is 1. The third-order valence-corrected chi connectivity index (χ3v) is 7.94. The molecule has 38 heavy (non-hydrogen) atoms. The molecule has 7 rings (SSSR count). The zero-order valence-corrected chi connectivity index (χ0v) is 20.6. The van der Waals surface area contributed by atoms with Crippen LogP contribution in [0.25, 0.3) is 11.5 Å². The van der Waals surface area contributed by atoms with Gasteiger partial charge in [-0.3, -0.25) is 4.79 Å². The predicted octanol–water partition coefficient (Wildman–Crippen LogP) is 4.34. The smallest absolute Gasteiger partial charge is 0.254 e. The van der Waals surface area contributed by atoms with E-state index in [1.807, 2.05) is 42.5 Å². The molecule has 0 radical (unpaired) electrons. The van der Waals surface area contributed by atoms with Crippen LogP contribution in [0.1, 0.15) is 52.8 Å². The molecular weight excluding hydrogens is 482 g/mol. The number of anilines is 3. The van der Waals surface area contributed by atoms with E-state index in [0.717, 1.165) is 53.6 Å². The number of rotatable bonds is 7. The zero-order valence-electron chi connectivity index (χ0n) is 20.6. The molecule has 2 aromatic carbocycles. The molecule has 10 heteroatoms. The number of aliphatic hydroxyl groups excluding tert-OH is 1. The molecule has 1 saturated carbocycles. The quantitative estimate of drug-likeness (QED) is 0.333. The maximum Gasteiger partial charge on any atom is 0.254 e. The maximum absolute atomic E-state index is 13.0. The van der Waals surface area contributed by atoms with Crippen LogP contribution in [0, 0.1) is 11.8 Å². The number of aromatic nitrogens is 4. The lowest BCUT2D eigenvalue weighted by Crippen LogP contribution is -2.28. The summed E-state index contributed by atoms with van der Waals surface area (Å²) in [5.74, 6) is 2.74. The van der Waals surface area contributed by atoms with Crippen LogP contribution in [0.4, 0.5) is 17.5 Å². The molecule has 192 valence electrons. The highest BCUT2D eigenvalue weighted by Gasteiger charge is 2.47. The van der Waals surface area contributed by atoms with E-state index >= 15 is 0 Å². The second-order valence-corrected chi connectivity index (χ2v) is 10.2. The Morgan fingerprint density at radius 2 is 2.00 bits per heavy atom. The van der Waals surface area contributed by atoms with E-state index in [1.54, 1.807) is 6.20 Å². The van der Waals surface area contributed by atoms with Gasteiger partial charge in [-0.25, -0.2) is 4.98 Å². The van der Waals surface area contributed by atoms with Crippen LogP contribution >= 0.6 is 0 Å². The van der Waals surface area contributed by atoms with Crippen molar-refractivity contribution in [2.45, 2.75) is 31.3 Å². The number of amides is 1. The second-order valence-electron chi connectivity index (χ2n) is 10.2. The minimum absolute atomic E-state index is 0.139. The fourth-order valence-corrected chi connectivity index (χ4v) is 5.84. The van der Waals surface area contributed by atoms with Gasteiger partial charge in [0.1, 0.15) is 5.82 Å². The van der Waals surface area contributed by atoms with Crippen molar-refractivity contribution in [2.75, 3.05) is 23.8 Å². The Balaban J connectivity index is 1.19. The third kappa shape index (κ3) is 4.06. The SMILES string of the molecule is O=C1c2ccc(Nc3ncc(-c4nnco4)c(N[C@H](CO)c4ccccc4)n3)cc2C2CC3CC3CCN12. The first-order valence-corrected chi connectivity index (χ1v) is 13.0. The molecule has 3 unspecified atom stereocenters. The lowest BCUT2D eigenvalue weighted by molar-refractivity contribution is 0.0723. The molecule has 4 heterocycles. The van der Waals surface area contributed by atoms with Crippen molar-refractivity contribution in [2.24, 2.45) is 11.8 Å². The summed E-state index contributed by atoms with van der Waals surface area (Å²) in [6.07, 6.45) is 6.30. The summed E-state index contributed by atoms with van der Waals surface area (Å²) in [6.45, 7) is 0.698. The summed E-state index contributed by atoms with van der Waals surface area (Å²) in [5.41, 5.74) is 4.12. The van der Waals surface area contributed by atoms with Crippen LogP contribution in [0.5, 0.6) is 0 Å². The van der Waals surface area contributed by atoms with Gasteiger partial charge in [-0.05, 0) is 60.4 Å². The highest BCUT2D eigenvalue weighted by Crippen LogP contribution is 2.53. The van der Waals surface area contributed by atoms with Crippen molar-refractivity contribution in [3.05, 3.63) is 77.8 Å². The van der Waals surface area contributed by atoms with E-state index in [4.69, 9.17) is 9.40 Å². The Hall–Kier alpha value is -4.31. The fraction of sp³-hybridized carbons (Fsp3) is 0.321. The molecule has 4 atom stereocenters. The Bertz CT molecular complexity index is 1480. The van der Waals surface area contributed by atoms with E-state index < -0.39 is 6.04 Å². The minimum Gasteiger partial charge on any atom is -0.423 e. The highest BCUT2D eigenvalue weighted by molar-refractivity contribution is 5.99. The number of fused-ring (bicyclic) bond motifs is 4. The normalized spacial score (nSPS) is 22.2. The number of hydrogen-bond acceptors (Lipinski definition) is 9. The molecule has 3 N–H and O–H groups in total. The van der Waals surface area contributed by atoms with Crippen molar-refractivity contribution in [3.8, 4) is 11.5 Å². The van der Waals surface area contributed by atoms with Gasteiger partial charge in [0.15, 0.2) is 0 Å². The summed E-state index contributed by atoms with van der Waals surface area (Å²) in [6, 6.07) is 15.2. The van der Waals surface area contributed by atoms with Crippen LogP contribution in [0.2, 0.25) is 0 Å². The van der Waals surface area contributed by atoms with Gasteiger partial charge in [0.25, 0.3) is 11.8 Å². The molecule has 0 bridgehead atoms. The van der Waals surface area contributed by atoms with E-state index in [1.165, 1.54) is 12.8 Å². The van der Waals surface area contributed by atoms with E-state index in [0.29, 0.717) is 17.3 Å². The standard InChI is InChI=1S/C28H27N7O3/c36-14-23(16-4-2-1-3-5-16)32-25-22(26-34-30-15-38-26)13-29-28(33-25)31-19-6-7-20-21(12-19)24-11-18-10-17(18)8-9-35(24)27(20)37/h1-7,12-13,15,17-18,23-24,36H,8-11,14H2,(H2,29,31,32,33)/t17?,18?,23-,24?/m1/s1. The fourth-order valence-electron chi connectivity index (χ4n) is 5.84. The van der Waals surface area contributed by atoms with Gasteiger partial charge in [0, 0.05) is 24.0 Å². The number of nitrogens with zero attached hydrogens (tertiary/aromatic N) is 5. The summed E-state index contributed by atoms with van der Waals surface area (Å²) >= 11 is 0. The molecule has 2 fully saturated rings. The van der Waals surface area contributed by atoms with Crippen LogP contribution in [-0.2, 0) is 0 Å². The Labute approximate surface area is 219 Å². The molecule has 0 spiro atoms. The van der Waals surface area contributed by atoms with Gasteiger partial charge < -0.3 is 25.1 Å². The lowest BCUT2D eigenvalue weighted by Gasteiger charge is -2.23. The summed E-state index contributed by atoms with van der Waals surface area (Å²) in [5, 5.41) is 24.5. The first kappa shape index (κ1) is 22.9. The van der Waals surface area contributed by atoms with Crippen LogP contribution < -0.4 is 10.6 Å². The Morgan fingerprint density at radius 3 is 2.82 bits per heavy atom. The van der Waals surface area contributed by atoms with Crippen LogP contribution in [-0.4, -0.2) is 49.2 Å². The van der Waals surface area contributed by atoms with E-state index in [-0.39, 0.29) is 24.4 Å². The Morgan fingerprint density at radius 1 is 1.11 bits per heavy atom. The summed E-state index contributed by atoms with van der Waals surface area (Å²) in [7, 11) is 0. The molecule has 1 amide bonds. The summed E-state index contributed by atoms with van der Waals surface area (Å²) in [4.78, 5) is 24.3. The predicted molar refractivity (Wildman–Crippen MR) is 140 cm³/mol. The van der Waals surface area contributed by atoms with E-state index in [9.17, 15) is 9.90 Å². The van der Waals surface area contributed by atoms with Crippen molar-refractivity contribution < 1.29 is 14.3 Å². The van der Waals surface area contributed by atoms with Gasteiger partial charge in [-0.15, -0.1) is 10.2 Å². The first-order valence-electron chi connectivity index (χ1n) is 13.0. The highest BCUT2D eigenvalue weighted by atomic mass is 16.4. The van der Waals surface area contributed by atoms with Gasteiger partial charge >= 0.3 is 0 Å². The van der Waals surface area contributed by atoms with Gasteiger partial charge in [0.2, 0.25) is 12.3 Å². The average molecular weight is 510 g/mol. The topological polar surface area (TPSA) is 129 Å². The maximum atomic E-state index is 13.0. The average Bonchev–Trinajstić information content (AvgIpc) is 3.41. The Kier molecular flexibility index (Phi) is 5.54. The van der Waals surface area contributed by atoms with Gasteiger partial charge in [-0.2, -0.15) is 4.98 Å². The van der Waals surface area contributed by atoms with Crippen molar-refractivity contribution >= 4 is 23.4 Å². The molecule has 3 aliphatic rings. The number of hydrogen-bond donors (Lipinski definition) is 3. The van der Waals surface area contributed by atoms with E-state index in [2.05, 4.69) is 36.8 Å². The number of aliphatic hydroxyl groups is 1. The monoisotopic (exact) mass is 509 g/mol. The first-order chi connectivity index (χ1) is 18.7. The molecule has 10 nitrogen and oxygen atoms in total. The zero-order chi connectivity index (χ0) is 25.6. The molecular formula is C28H27N7O3. The van der Waals surface area contributed by atoms with Gasteiger partial charge in [-0.1, -0.05) is 30.3 Å². The second kappa shape index (κ2) is 9.21. The lowest BCUT2D eigenvalue weighted by atomic mass is 9.99. The molecule has 2 aromatic heterocycles. The van der Waals surface area contributed by atoms with Crippen LogP contribution in [0.15, 0.2) is 65.5 Å². The number of benzene rings is 2. The largest absolute Gasteiger partial charge is 0.423 e. The summed E-state index contributed by atoms with van der Waals surface area (Å²) < 4.78 is 5.41. The van der Waals surface area contributed by atoms with Gasteiger partial charge in [0.05, 0.1) is 24.3 Å². The number of carbonyl (C=O) groups is 1. The third-order valence-electron chi connectivity index (χ3n) is 7.94. The van der Waals surface area contributed by atoms with Crippen LogP contribution in [0.3, 0.4) is 0 Å². The van der Waals surface area contributed by atoms with Crippen molar-refractivity contribution in [1.29, 1.82) is 0 Å². The number of nitrogens with one attached hydrogen (secondary N) is 2. The van der Waals surface area contributed by atoms with Crippen molar-refractivity contribution in [1.82, 2.24) is 25.1 Å².